The number of halogens is 1. The number of ether oxygens (including phenoxy) is 1. The first-order valence-corrected chi connectivity index (χ1v) is 7.63. The van der Waals surface area contributed by atoms with Crippen LogP contribution in [0.25, 0.3) is 0 Å². The van der Waals surface area contributed by atoms with Crippen LogP contribution in [0.1, 0.15) is 24.8 Å². The number of aryl methyl sites for hydroxylation is 1. The number of carboxylic acids is 1. The Morgan fingerprint density at radius 3 is 2.62 bits per heavy atom. The van der Waals surface area contributed by atoms with E-state index in [0.29, 0.717) is 25.9 Å². The van der Waals surface area contributed by atoms with Crippen LogP contribution >= 0.6 is 15.9 Å². The Morgan fingerprint density at radius 1 is 1.33 bits per heavy atom. The third kappa shape index (κ3) is 4.82. The molecule has 6 heteroatoms. The number of nitrogens with one attached hydrogen (secondary N) is 1. The molecular formula is C15H18BrNO4. The summed E-state index contributed by atoms with van der Waals surface area (Å²) in [6.07, 6.45) is 1.41. The van der Waals surface area contributed by atoms with Gasteiger partial charge in [0.1, 0.15) is 0 Å². The monoisotopic (exact) mass is 355 g/mol. The number of carboxylic acid groups (broad SMARTS) is 1. The quantitative estimate of drug-likeness (QED) is 0.819. The molecule has 1 heterocycles. The molecule has 0 aromatic heterocycles. The van der Waals surface area contributed by atoms with Crippen molar-refractivity contribution in [1.29, 1.82) is 0 Å². The van der Waals surface area contributed by atoms with Crippen LogP contribution in [0.3, 0.4) is 0 Å². The van der Waals surface area contributed by atoms with E-state index in [1.165, 1.54) is 0 Å². The lowest BCUT2D eigenvalue weighted by Crippen LogP contribution is -2.50. The number of amides is 1. The predicted octanol–water partition coefficient (Wildman–Crippen LogP) is 2.13. The minimum atomic E-state index is -0.922. The van der Waals surface area contributed by atoms with E-state index >= 15 is 0 Å². The Hall–Kier alpha value is -1.40. The average molecular weight is 356 g/mol. The normalized spacial score (nSPS) is 21.2. The molecule has 0 aliphatic carbocycles. The van der Waals surface area contributed by atoms with Gasteiger partial charge >= 0.3 is 5.97 Å². The maximum absolute atomic E-state index is 12.1. The lowest BCUT2D eigenvalue weighted by atomic mass is 9.94. The Morgan fingerprint density at radius 2 is 2.05 bits per heavy atom. The number of aliphatic carboxylic acids is 1. The van der Waals surface area contributed by atoms with Crippen molar-refractivity contribution in [3.05, 3.63) is 34.3 Å². The summed E-state index contributed by atoms with van der Waals surface area (Å²) in [5, 5.41) is 11.8. The Bertz CT molecular complexity index is 509. The van der Waals surface area contributed by atoms with Gasteiger partial charge in [0.2, 0.25) is 5.91 Å². The van der Waals surface area contributed by atoms with Crippen molar-refractivity contribution < 1.29 is 19.4 Å². The van der Waals surface area contributed by atoms with E-state index in [9.17, 15) is 9.59 Å². The Balaban J connectivity index is 1.87. The zero-order valence-electron chi connectivity index (χ0n) is 11.6. The topological polar surface area (TPSA) is 75.6 Å². The van der Waals surface area contributed by atoms with Crippen molar-refractivity contribution in [2.24, 2.45) is 0 Å². The highest BCUT2D eigenvalue weighted by molar-refractivity contribution is 9.10. The number of carbonyl (C=O) groups is 2. The maximum atomic E-state index is 12.1. The van der Waals surface area contributed by atoms with Gasteiger partial charge in [-0.15, -0.1) is 0 Å². The SMILES string of the molecule is O=C(O)CC1(NC(=O)CCc2ccc(Br)cc2)CCOC1. The first-order chi connectivity index (χ1) is 9.99. The second kappa shape index (κ2) is 7.04. The molecule has 0 radical (unpaired) electrons. The lowest BCUT2D eigenvalue weighted by Gasteiger charge is -2.27. The summed E-state index contributed by atoms with van der Waals surface area (Å²) < 4.78 is 6.25. The highest BCUT2D eigenvalue weighted by Gasteiger charge is 2.38. The number of hydrogen-bond donors (Lipinski definition) is 2. The van der Waals surface area contributed by atoms with Crippen LogP contribution in [-0.2, 0) is 20.7 Å². The number of benzene rings is 1. The molecule has 2 N–H and O–H groups in total. The van der Waals surface area contributed by atoms with Crippen LogP contribution in [-0.4, -0.2) is 35.7 Å². The summed E-state index contributed by atoms with van der Waals surface area (Å²) in [6.45, 7) is 0.754. The molecule has 1 aromatic carbocycles. The van der Waals surface area contributed by atoms with Crippen molar-refractivity contribution >= 4 is 27.8 Å². The number of rotatable bonds is 6. The largest absolute Gasteiger partial charge is 0.481 e. The zero-order valence-corrected chi connectivity index (χ0v) is 13.2. The van der Waals surface area contributed by atoms with E-state index in [1.54, 1.807) is 0 Å². The van der Waals surface area contributed by atoms with Gasteiger partial charge < -0.3 is 15.2 Å². The van der Waals surface area contributed by atoms with Gasteiger partial charge in [-0.1, -0.05) is 28.1 Å². The minimum Gasteiger partial charge on any atom is -0.481 e. The van der Waals surface area contributed by atoms with E-state index < -0.39 is 11.5 Å². The summed E-state index contributed by atoms with van der Waals surface area (Å²) in [4.78, 5) is 23.0. The van der Waals surface area contributed by atoms with E-state index in [4.69, 9.17) is 9.84 Å². The van der Waals surface area contributed by atoms with Crippen molar-refractivity contribution in [3.8, 4) is 0 Å². The van der Waals surface area contributed by atoms with Crippen molar-refractivity contribution in [2.75, 3.05) is 13.2 Å². The van der Waals surface area contributed by atoms with Crippen LogP contribution in [0.5, 0.6) is 0 Å². The smallest absolute Gasteiger partial charge is 0.305 e. The number of hydrogen-bond acceptors (Lipinski definition) is 3. The Labute approximate surface area is 131 Å². The molecule has 1 aromatic rings. The van der Waals surface area contributed by atoms with Gasteiger partial charge in [-0.25, -0.2) is 0 Å². The van der Waals surface area contributed by atoms with E-state index in [2.05, 4.69) is 21.2 Å². The highest BCUT2D eigenvalue weighted by atomic mass is 79.9. The molecule has 1 amide bonds. The van der Waals surface area contributed by atoms with Gasteiger partial charge in [0.15, 0.2) is 0 Å². The summed E-state index contributed by atoms with van der Waals surface area (Å²) >= 11 is 3.36. The molecule has 1 unspecified atom stereocenters. The van der Waals surface area contributed by atoms with E-state index in [-0.39, 0.29) is 18.9 Å². The molecule has 0 bridgehead atoms. The highest BCUT2D eigenvalue weighted by Crippen LogP contribution is 2.23. The molecule has 0 spiro atoms. The first-order valence-electron chi connectivity index (χ1n) is 6.84. The molecule has 21 heavy (non-hydrogen) atoms. The van der Waals surface area contributed by atoms with Crippen molar-refractivity contribution in [1.82, 2.24) is 5.32 Å². The molecule has 2 rings (SSSR count). The fourth-order valence-corrected chi connectivity index (χ4v) is 2.71. The molecule has 1 aliphatic rings. The standard InChI is InChI=1S/C15H18BrNO4/c16-12-4-1-11(2-5-12)3-6-13(18)17-15(9-14(19)20)7-8-21-10-15/h1-2,4-5H,3,6-10H2,(H,17,18)(H,19,20). The van der Waals surface area contributed by atoms with E-state index in [1.807, 2.05) is 24.3 Å². The fourth-order valence-electron chi connectivity index (χ4n) is 2.45. The maximum Gasteiger partial charge on any atom is 0.305 e. The average Bonchev–Trinajstić information content (AvgIpc) is 2.85. The molecule has 1 aliphatic heterocycles. The van der Waals surface area contributed by atoms with Gasteiger partial charge in [0.05, 0.1) is 18.6 Å². The van der Waals surface area contributed by atoms with Gasteiger partial charge in [-0.2, -0.15) is 0 Å². The van der Waals surface area contributed by atoms with Crippen LogP contribution in [0, 0.1) is 0 Å². The van der Waals surface area contributed by atoms with Crippen LogP contribution in [0.4, 0.5) is 0 Å². The van der Waals surface area contributed by atoms with Gasteiger partial charge in [-0.05, 0) is 30.5 Å². The van der Waals surface area contributed by atoms with Crippen LogP contribution in [0.2, 0.25) is 0 Å². The second-order valence-corrected chi connectivity index (χ2v) is 6.24. The zero-order chi connectivity index (χ0) is 15.3. The first kappa shape index (κ1) is 16.0. The van der Waals surface area contributed by atoms with E-state index in [0.717, 1.165) is 10.0 Å². The molecule has 1 saturated heterocycles. The number of carbonyl (C=O) groups excluding carboxylic acids is 1. The molecule has 5 nitrogen and oxygen atoms in total. The summed E-state index contributed by atoms with van der Waals surface area (Å²) in [5.41, 5.74) is 0.325. The third-order valence-corrected chi connectivity index (χ3v) is 4.08. The Kier molecular flexibility index (Phi) is 5.36. The minimum absolute atomic E-state index is 0.100. The fraction of sp³-hybridized carbons (Fsp3) is 0.467. The van der Waals surface area contributed by atoms with Crippen molar-refractivity contribution in [2.45, 2.75) is 31.2 Å². The lowest BCUT2D eigenvalue weighted by molar-refractivity contribution is -0.139. The molecule has 1 atom stereocenters. The second-order valence-electron chi connectivity index (χ2n) is 5.33. The van der Waals surface area contributed by atoms with Gasteiger partial charge in [0, 0.05) is 17.5 Å². The van der Waals surface area contributed by atoms with Gasteiger partial charge in [-0.3, -0.25) is 9.59 Å². The van der Waals surface area contributed by atoms with Crippen LogP contribution < -0.4 is 5.32 Å². The van der Waals surface area contributed by atoms with Crippen molar-refractivity contribution in [3.63, 3.8) is 0 Å². The molecule has 114 valence electrons. The van der Waals surface area contributed by atoms with Crippen LogP contribution in [0.15, 0.2) is 28.7 Å². The molecular weight excluding hydrogens is 338 g/mol. The van der Waals surface area contributed by atoms with Gasteiger partial charge in [0.25, 0.3) is 0 Å². The summed E-state index contributed by atoms with van der Waals surface area (Å²) in [7, 11) is 0. The molecule has 1 fully saturated rings. The molecule has 0 saturated carbocycles. The third-order valence-electron chi connectivity index (χ3n) is 3.55. The summed E-state index contributed by atoms with van der Waals surface area (Å²) in [5.74, 6) is -1.06. The predicted molar refractivity (Wildman–Crippen MR) is 81.0 cm³/mol. The summed E-state index contributed by atoms with van der Waals surface area (Å²) in [6, 6.07) is 7.79.